The van der Waals surface area contributed by atoms with Crippen molar-refractivity contribution in [1.82, 2.24) is 0 Å². The van der Waals surface area contributed by atoms with E-state index in [1.807, 2.05) is 27.7 Å². The zero-order chi connectivity index (χ0) is 10.2. The van der Waals surface area contributed by atoms with Gasteiger partial charge in [0, 0.05) is 5.92 Å². The van der Waals surface area contributed by atoms with Crippen LogP contribution in [0.3, 0.4) is 0 Å². The lowest BCUT2D eigenvalue weighted by atomic mass is 9.79. The van der Waals surface area contributed by atoms with E-state index >= 15 is 0 Å². The predicted octanol–water partition coefficient (Wildman–Crippen LogP) is 1.75. The molecule has 0 aromatic rings. The van der Waals surface area contributed by atoms with Crippen molar-refractivity contribution in [3.63, 3.8) is 0 Å². The van der Waals surface area contributed by atoms with Gasteiger partial charge in [-0.3, -0.25) is 4.79 Å². The van der Waals surface area contributed by atoms with E-state index in [1.165, 1.54) is 0 Å². The molecule has 3 atom stereocenters. The molecule has 2 saturated carbocycles. The Labute approximate surface area is 86.8 Å². The first-order valence-electron chi connectivity index (χ1n) is 4.60. The topological polar surface area (TPSA) is 37.3 Å². The molecule has 2 fully saturated rings. The van der Waals surface area contributed by atoms with Crippen LogP contribution >= 0.6 is 15.9 Å². The number of halogens is 1. The summed E-state index contributed by atoms with van der Waals surface area (Å²) in [6, 6.07) is 0. The highest BCUT2D eigenvalue weighted by atomic mass is 79.9. The molecule has 2 rings (SSSR count). The van der Waals surface area contributed by atoms with Gasteiger partial charge < -0.3 is 5.11 Å². The molecular formula is C10H15BrO2. The molecule has 0 aromatic heterocycles. The summed E-state index contributed by atoms with van der Waals surface area (Å²) in [6.45, 7) is 7.71. The van der Waals surface area contributed by atoms with Gasteiger partial charge in [-0.05, 0) is 5.41 Å². The summed E-state index contributed by atoms with van der Waals surface area (Å²) in [6.07, 6.45) is -0.505. The van der Waals surface area contributed by atoms with E-state index in [0.29, 0.717) is 0 Å². The van der Waals surface area contributed by atoms with E-state index in [1.54, 1.807) is 0 Å². The fourth-order valence-electron chi connectivity index (χ4n) is 2.81. The summed E-state index contributed by atoms with van der Waals surface area (Å²) < 4.78 is -0.455. The van der Waals surface area contributed by atoms with Crippen LogP contribution in [0.4, 0.5) is 0 Å². The SMILES string of the molecule is CC1(C)C(=O)[C@]2(Br)[C@H]([C@@H]1O)C2(C)C. The van der Waals surface area contributed by atoms with E-state index in [2.05, 4.69) is 15.9 Å². The number of fused-ring (bicyclic) bond motifs is 1. The maximum Gasteiger partial charge on any atom is 0.158 e. The number of hydrogen-bond acceptors (Lipinski definition) is 2. The highest BCUT2D eigenvalue weighted by Gasteiger charge is 2.84. The van der Waals surface area contributed by atoms with E-state index < -0.39 is 15.8 Å². The number of ketones is 1. The summed E-state index contributed by atoms with van der Waals surface area (Å²) in [5, 5.41) is 9.99. The number of hydrogen-bond donors (Lipinski definition) is 1. The van der Waals surface area contributed by atoms with Crippen molar-refractivity contribution in [3.05, 3.63) is 0 Å². The Kier molecular flexibility index (Phi) is 1.51. The largest absolute Gasteiger partial charge is 0.392 e. The van der Waals surface area contributed by atoms with Crippen molar-refractivity contribution in [2.75, 3.05) is 0 Å². The molecule has 13 heavy (non-hydrogen) atoms. The molecule has 3 heteroatoms. The van der Waals surface area contributed by atoms with Crippen LogP contribution in [0.1, 0.15) is 27.7 Å². The third-order valence-electron chi connectivity index (χ3n) is 4.03. The van der Waals surface area contributed by atoms with Gasteiger partial charge in [0.25, 0.3) is 0 Å². The smallest absolute Gasteiger partial charge is 0.158 e. The third kappa shape index (κ3) is 0.732. The summed E-state index contributed by atoms with van der Waals surface area (Å²) in [7, 11) is 0. The van der Waals surface area contributed by atoms with Crippen LogP contribution in [-0.4, -0.2) is 21.3 Å². The van der Waals surface area contributed by atoms with Crippen LogP contribution in [0.25, 0.3) is 0 Å². The van der Waals surface area contributed by atoms with Crippen LogP contribution in [0, 0.1) is 16.7 Å². The Morgan fingerprint density at radius 3 is 2.00 bits per heavy atom. The monoisotopic (exact) mass is 246 g/mol. The third-order valence-corrected chi connectivity index (χ3v) is 5.91. The molecule has 0 amide bonds. The normalized spacial score (nSPS) is 50.5. The number of aliphatic hydroxyl groups excluding tert-OH is 1. The maximum absolute atomic E-state index is 12.0. The number of rotatable bonds is 0. The van der Waals surface area contributed by atoms with Crippen molar-refractivity contribution in [2.45, 2.75) is 38.1 Å². The minimum absolute atomic E-state index is 0.0843. The lowest BCUT2D eigenvalue weighted by Gasteiger charge is -2.28. The standard InChI is InChI=1S/C10H15BrO2/c1-8(2)6(12)5-9(3,4)10(5,11)7(8)13/h5-6,12H,1-4H3/t5-,6+,10-/m1/s1. The van der Waals surface area contributed by atoms with Crippen molar-refractivity contribution < 1.29 is 9.90 Å². The molecule has 74 valence electrons. The highest BCUT2D eigenvalue weighted by Crippen LogP contribution is 2.76. The fourth-order valence-corrected chi connectivity index (χ4v) is 4.28. The van der Waals surface area contributed by atoms with Gasteiger partial charge in [-0.1, -0.05) is 43.6 Å². The molecule has 0 saturated heterocycles. The molecule has 2 aliphatic rings. The summed E-state index contributed by atoms with van der Waals surface area (Å²) in [4.78, 5) is 12.0. The Morgan fingerprint density at radius 2 is 1.77 bits per heavy atom. The van der Waals surface area contributed by atoms with E-state index in [9.17, 15) is 9.90 Å². The number of aliphatic hydroxyl groups is 1. The lowest BCUT2D eigenvalue weighted by molar-refractivity contribution is -0.130. The van der Waals surface area contributed by atoms with Gasteiger partial charge in [-0.15, -0.1) is 0 Å². The molecule has 0 bridgehead atoms. The molecule has 2 aliphatic carbocycles. The molecule has 0 unspecified atom stereocenters. The zero-order valence-corrected chi connectivity index (χ0v) is 9.97. The number of carbonyl (C=O) groups is 1. The van der Waals surface area contributed by atoms with Gasteiger partial charge >= 0.3 is 0 Å². The molecule has 0 aromatic carbocycles. The minimum atomic E-state index is -0.580. The molecule has 2 nitrogen and oxygen atoms in total. The average molecular weight is 247 g/mol. The van der Waals surface area contributed by atoms with E-state index in [0.717, 1.165) is 0 Å². The number of Topliss-reactive ketones (excluding diaryl/α,β-unsaturated/α-hetero) is 1. The van der Waals surface area contributed by atoms with Gasteiger partial charge in [0.05, 0.1) is 15.8 Å². The fraction of sp³-hybridized carbons (Fsp3) is 0.900. The molecule has 0 spiro atoms. The summed E-state index contributed by atoms with van der Waals surface area (Å²) in [5.74, 6) is 0.241. The zero-order valence-electron chi connectivity index (χ0n) is 8.39. The quantitative estimate of drug-likeness (QED) is 0.662. The second kappa shape index (κ2) is 2.03. The highest BCUT2D eigenvalue weighted by molar-refractivity contribution is 9.10. The van der Waals surface area contributed by atoms with E-state index in [4.69, 9.17) is 0 Å². The van der Waals surface area contributed by atoms with Crippen molar-refractivity contribution in [1.29, 1.82) is 0 Å². The minimum Gasteiger partial charge on any atom is -0.392 e. The van der Waals surface area contributed by atoms with Crippen LogP contribution in [0.2, 0.25) is 0 Å². The Hall–Kier alpha value is 0.110. The van der Waals surface area contributed by atoms with Crippen LogP contribution in [0.15, 0.2) is 0 Å². The second-order valence-corrected chi connectivity index (χ2v) is 6.66. The molecule has 1 N–H and O–H groups in total. The molecule has 0 heterocycles. The Morgan fingerprint density at radius 1 is 1.31 bits per heavy atom. The van der Waals surface area contributed by atoms with Crippen LogP contribution in [-0.2, 0) is 4.79 Å². The summed E-state index contributed by atoms with van der Waals surface area (Å²) >= 11 is 3.51. The average Bonchev–Trinajstić information content (AvgIpc) is 2.38. The maximum atomic E-state index is 12.0. The van der Waals surface area contributed by atoms with Gasteiger partial charge in [0.15, 0.2) is 5.78 Å². The first-order chi connectivity index (χ1) is 5.68. The van der Waals surface area contributed by atoms with Gasteiger partial charge in [0.1, 0.15) is 0 Å². The molecular weight excluding hydrogens is 232 g/mol. The first-order valence-corrected chi connectivity index (χ1v) is 5.39. The Bertz CT molecular complexity index is 295. The van der Waals surface area contributed by atoms with Crippen molar-refractivity contribution in [3.8, 4) is 0 Å². The molecule has 0 radical (unpaired) electrons. The van der Waals surface area contributed by atoms with Gasteiger partial charge in [-0.25, -0.2) is 0 Å². The first kappa shape index (κ1) is 9.66. The predicted molar refractivity (Wildman–Crippen MR) is 53.7 cm³/mol. The van der Waals surface area contributed by atoms with Crippen molar-refractivity contribution >= 4 is 21.7 Å². The second-order valence-electron chi connectivity index (χ2n) is 5.41. The van der Waals surface area contributed by atoms with Crippen LogP contribution < -0.4 is 0 Å². The van der Waals surface area contributed by atoms with Crippen LogP contribution in [0.5, 0.6) is 0 Å². The number of alkyl halides is 1. The van der Waals surface area contributed by atoms with E-state index in [-0.39, 0.29) is 17.1 Å². The van der Waals surface area contributed by atoms with Crippen molar-refractivity contribution in [2.24, 2.45) is 16.7 Å². The van der Waals surface area contributed by atoms with Gasteiger partial charge in [0.2, 0.25) is 0 Å². The molecule has 0 aliphatic heterocycles. The summed E-state index contributed by atoms with van der Waals surface area (Å²) in [5.41, 5.74) is -0.664. The Balaban J connectivity index is 2.46. The lowest BCUT2D eigenvalue weighted by Crippen LogP contribution is -2.39. The van der Waals surface area contributed by atoms with Gasteiger partial charge in [-0.2, -0.15) is 0 Å². The number of carbonyl (C=O) groups excluding carboxylic acids is 1.